The second-order valence-corrected chi connectivity index (χ2v) is 14.3. The van der Waals surface area contributed by atoms with Gasteiger partial charge in [0.05, 0.1) is 33.4 Å². The van der Waals surface area contributed by atoms with Crippen molar-refractivity contribution in [3.8, 4) is 55.9 Å². The lowest BCUT2D eigenvalue weighted by Crippen LogP contribution is -2.05. The highest BCUT2D eigenvalue weighted by Crippen LogP contribution is 2.46. The number of benzene rings is 8. The first-order valence-electron chi connectivity index (χ1n) is 19.1. The molecule has 0 bridgehead atoms. The smallest absolute Gasteiger partial charge is 0.0619 e. The second-order valence-electron chi connectivity index (χ2n) is 14.3. The van der Waals surface area contributed by atoms with Crippen molar-refractivity contribution in [2.45, 2.75) is 0 Å². The first-order chi connectivity index (χ1) is 27.8. The summed E-state index contributed by atoms with van der Waals surface area (Å²) in [5, 5.41) is 4.77. The van der Waals surface area contributed by atoms with Crippen LogP contribution >= 0.6 is 0 Å². The first-order valence-corrected chi connectivity index (χ1v) is 19.1. The SMILES string of the molecule is c1ccc(-c2cccc(-c3cccc(-c4cccc(-c5ccccc5)c4-n4c5ccccc5c5ccccc54)c3-n3c4ccccc4c4cnccc43)c2)cc1. The van der Waals surface area contributed by atoms with Crippen molar-refractivity contribution in [1.82, 2.24) is 14.1 Å². The van der Waals surface area contributed by atoms with E-state index in [0.717, 1.165) is 50.0 Å². The van der Waals surface area contributed by atoms with Crippen LogP contribution in [0.25, 0.3) is 99.5 Å². The predicted molar refractivity (Wildman–Crippen MR) is 235 cm³/mol. The number of rotatable bonds is 6. The fourth-order valence-electron chi connectivity index (χ4n) is 8.80. The van der Waals surface area contributed by atoms with E-state index in [1.165, 1.54) is 49.4 Å². The summed E-state index contributed by atoms with van der Waals surface area (Å²) in [6.07, 6.45) is 3.92. The first kappa shape index (κ1) is 32.0. The fourth-order valence-corrected chi connectivity index (χ4v) is 8.80. The van der Waals surface area contributed by atoms with Gasteiger partial charge in [-0.05, 0) is 52.6 Å². The zero-order valence-corrected chi connectivity index (χ0v) is 30.5. The molecule has 0 saturated heterocycles. The third-order valence-corrected chi connectivity index (χ3v) is 11.2. The molecule has 3 aromatic heterocycles. The minimum absolute atomic E-state index is 1.12. The van der Waals surface area contributed by atoms with Gasteiger partial charge in [0.2, 0.25) is 0 Å². The van der Waals surface area contributed by atoms with Crippen LogP contribution in [0.2, 0.25) is 0 Å². The van der Waals surface area contributed by atoms with Crippen molar-refractivity contribution in [2.75, 3.05) is 0 Å². The van der Waals surface area contributed by atoms with Crippen LogP contribution in [0.1, 0.15) is 0 Å². The molecule has 3 nitrogen and oxygen atoms in total. The number of hydrogen-bond donors (Lipinski definition) is 0. The van der Waals surface area contributed by atoms with E-state index in [2.05, 4.69) is 214 Å². The number of aromatic nitrogens is 3. The Hall–Kier alpha value is -7.49. The molecule has 0 radical (unpaired) electrons. The Kier molecular flexibility index (Phi) is 7.49. The normalized spacial score (nSPS) is 11.6. The minimum atomic E-state index is 1.12. The summed E-state index contributed by atoms with van der Waals surface area (Å²) in [6.45, 7) is 0. The average molecular weight is 714 g/mol. The summed E-state index contributed by atoms with van der Waals surface area (Å²) >= 11 is 0. The molecule has 0 aliphatic rings. The molecule has 0 fully saturated rings. The van der Waals surface area contributed by atoms with Crippen LogP contribution in [-0.4, -0.2) is 14.1 Å². The monoisotopic (exact) mass is 713 g/mol. The number of hydrogen-bond acceptors (Lipinski definition) is 1. The zero-order chi connectivity index (χ0) is 37.0. The van der Waals surface area contributed by atoms with Gasteiger partial charge in [-0.25, -0.2) is 0 Å². The molecule has 0 amide bonds. The highest BCUT2D eigenvalue weighted by Gasteiger charge is 2.25. The summed E-state index contributed by atoms with van der Waals surface area (Å²) in [5.41, 5.74) is 16.2. The molecule has 0 aliphatic carbocycles. The topological polar surface area (TPSA) is 22.8 Å². The molecule has 0 unspecified atom stereocenters. The van der Waals surface area contributed by atoms with Gasteiger partial charge in [0, 0.05) is 56.2 Å². The summed E-state index contributed by atoms with van der Waals surface area (Å²) in [5.74, 6) is 0. The zero-order valence-electron chi connectivity index (χ0n) is 30.5. The van der Waals surface area contributed by atoms with Crippen LogP contribution in [0.5, 0.6) is 0 Å². The Morgan fingerprint density at radius 3 is 1.29 bits per heavy atom. The largest absolute Gasteiger partial charge is 0.308 e. The molecule has 0 saturated carbocycles. The Morgan fingerprint density at radius 1 is 0.286 bits per heavy atom. The van der Waals surface area contributed by atoms with E-state index in [4.69, 9.17) is 0 Å². The third kappa shape index (κ3) is 5.02. The number of para-hydroxylation sites is 5. The highest BCUT2D eigenvalue weighted by atomic mass is 15.0. The lowest BCUT2D eigenvalue weighted by molar-refractivity contribution is 1.16. The molecule has 0 N–H and O–H groups in total. The van der Waals surface area contributed by atoms with Crippen LogP contribution in [-0.2, 0) is 0 Å². The molecule has 0 aliphatic heterocycles. The third-order valence-electron chi connectivity index (χ3n) is 11.2. The molecule has 8 aromatic carbocycles. The van der Waals surface area contributed by atoms with Crippen molar-refractivity contribution < 1.29 is 0 Å². The molecule has 11 rings (SSSR count). The second kappa shape index (κ2) is 13.1. The molecular weight excluding hydrogens is 679 g/mol. The van der Waals surface area contributed by atoms with E-state index in [1.807, 2.05) is 12.4 Å². The summed E-state index contributed by atoms with van der Waals surface area (Å²) in [4.78, 5) is 4.61. The van der Waals surface area contributed by atoms with Crippen molar-refractivity contribution in [3.63, 3.8) is 0 Å². The van der Waals surface area contributed by atoms with Crippen LogP contribution < -0.4 is 0 Å². The van der Waals surface area contributed by atoms with Gasteiger partial charge in [-0.2, -0.15) is 0 Å². The van der Waals surface area contributed by atoms with Crippen molar-refractivity contribution in [2.24, 2.45) is 0 Å². The maximum Gasteiger partial charge on any atom is 0.0619 e. The maximum atomic E-state index is 4.61. The molecule has 56 heavy (non-hydrogen) atoms. The Balaban J connectivity index is 1.30. The Morgan fingerprint density at radius 2 is 0.696 bits per heavy atom. The molecular formula is C53H35N3. The van der Waals surface area contributed by atoms with E-state index in [0.29, 0.717) is 0 Å². The van der Waals surface area contributed by atoms with Gasteiger partial charge in [0.25, 0.3) is 0 Å². The number of pyridine rings is 1. The van der Waals surface area contributed by atoms with Crippen LogP contribution in [0.15, 0.2) is 213 Å². The van der Waals surface area contributed by atoms with Crippen molar-refractivity contribution in [1.29, 1.82) is 0 Å². The standard InChI is InChI=1S/C53H35N3/c1-3-16-36(17-4-1)38-20-13-21-39(34-38)41-26-15-28-46(53(41)56-50-31-12-9-24-44(50)47-35-54-33-32-51(47)56)45-27-14-25-40(37-18-5-2-6-19-37)52(45)55-48-29-10-7-22-42(48)43-23-8-11-30-49(43)55/h1-35H. The minimum Gasteiger partial charge on any atom is -0.308 e. The molecule has 0 atom stereocenters. The summed E-state index contributed by atoms with van der Waals surface area (Å²) < 4.78 is 4.96. The van der Waals surface area contributed by atoms with Crippen LogP contribution in [0, 0.1) is 0 Å². The Bertz CT molecular complexity index is 3140. The van der Waals surface area contributed by atoms with Gasteiger partial charge in [-0.1, -0.05) is 170 Å². The molecule has 11 aromatic rings. The van der Waals surface area contributed by atoms with Gasteiger partial charge < -0.3 is 9.13 Å². The van der Waals surface area contributed by atoms with Gasteiger partial charge in [-0.15, -0.1) is 0 Å². The van der Waals surface area contributed by atoms with Crippen LogP contribution in [0.4, 0.5) is 0 Å². The van der Waals surface area contributed by atoms with Crippen molar-refractivity contribution in [3.05, 3.63) is 213 Å². The summed E-state index contributed by atoms with van der Waals surface area (Å²) in [6, 6.07) is 72.5. The lowest BCUT2D eigenvalue weighted by Gasteiger charge is -2.23. The van der Waals surface area contributed by atoms with E-state index in [-0.39, 0.29) is 0 Å². The lowest BCUT2D eigenvalue weighted by atomic mass is 9.90. The Labute approximate surface area is 325 Å². The van der Waals surface area contributed by atoms with E-state index in [9.17, 15) is 0 Å². The van der Waals surface area contributed by atoms with Gasteiger partial charge in [0.15, 0.2) is 0 Å². The van der Waals surface area contributed by atoms with E-state index in [1.54, 1.807) is 0 Å². The molecule has 0 spiro atoms. The van der Waals surface area contributed by atoms with E-state index >= 15 is 0 Å². The molecule has 3 heteroatoms. The van der Waals surface area contributed by atoms with Gasteiger partial charge in [0.1, 0.15) is 0 Å². The quantitative estimate of drug-likeness (QED) is 0.168. The van der Waals surface area contributed by atoms with Crippen LogP contribution in [0.3, 0.4) is 0 Å². The predicted octanol–water partition coefficient (Wildman–Crippen LogP) is 13.9. The molecule has 3 heterocycles. The van der Waals surface area contributed by atoms with Gasteiger partial charge in [-0.3, -0.25) is 4.98 Å². The number of fused-ring (bicyclic) bond motifs is 6. The molecule has 262 valence electrons. The van der Waals surface area contributed by atoms with Gasteiger partial charge >= 0.3 is 0 Å². The van der Waals surface area contributed by atoms with Crippen molar-refractivity contribution >= 4 is 43.6 Å². The number of nitrogens with zero attached hydrogens (tertiary/aromatic N) is 3. The fraction of sp³-hybridized carbons (Fsp3) is 0. The average Bonchev–Trinajstić information content (AvgIpc) is 3.79. The van der Waals surface area contributed by atoms with E-state index < -0.39 is 0 Å². The highest BCUT2D eigenvalue weighted by molar-refractivity contribution is 6.12. The maximum absolute atomic E-state index is 4.61. The summed E-state index contributed by atoms with van der Waals surface area (Å²) in [7, 11) is 0.